The molecule has 0 radical (unpaired) electrons. The van der Waals surface area contributed by atoms with Crippen molar-refractivity contribution >= 4 is 11.8 Å². The van der Waals surface area contributed by atoms with E-state index < -0.39 is 6.10 Å². The molecule has 2 aromatic rings. The molecular formula is C16H18N2O3S. The van der Waals surface area contributed by atoms with Crippen molar-refractivity contribution in [2.45, 2.75) is 24.7 Å². The molecule has 22 heavy (non-hydrogen) atoms. The summed E-state index contributed by atoms with van der Waals surface area (Å²) in [5.41, 5.74) is 1.58. The molecule has 2 N–H and O–H groups in total. The highest BCUT2D eigenvalue weighted by molar-refractivity contribution is 7.99. The van der Waals surface area contributed by atoms with E-state index in [1.54, 1.807) is 6.08 Å². The van der Waals surface area contributed by atoms with Crippen molar-refractivity contribution in [3.63, 3.8) is 0 Å². The molecule has 6 heteroatoms. The van der Waals surface area contributed by atoms with Crippen LogP contribution in [-0.4, -0.2) is 25.5 Å². The number of benzene rings is 1. The quantitative estimate of drug-likeness (QED) is 0.485. The standard InChI is InChI=1S/C16H18N2O3S/c1-3-8-18-15(21)9-14(20)17-16(18)22-10-13(19)12-6-4-11(2)5-7-12/h3-7,9,13,19-20H,1,8,10H2,2H3. The van der Waals surface area contributed by atoms with Crippen molar-refractivity contribution in [1.82, 2.24) is 9.55 Å². The summed E-state index contributed by atoms with van der Waals surface area (Å²) in [5.74, 6) is 0.00783. The van der Waals surface area contributed by atoms with Gasteiger partial charge in [0, 0.05) is 12.3 Å². The van der Waals surface area contributed by atoms with Gasteiger partial charge in [0.1, 0.15) is 0 Å². The molecule has 0 aliphatic rings. The molecule has 116 valence electrons. The normalized spacial score (nSPS) is 12.1. The van der Waals surface area contributed by atoms with Crippen molar-refractivity contribution in [3.05, 3.63) is 64.5 Å². The van der Waals surface area contributed by atoms with E-state index >= 15 is 0 Å². The molecule has 1 atom stereocenters. The van der Waals surface area contributed by atoms with Crippen LogP contribution in [0.4, 0.5) is 0 Å². The Morgan fingerprint density at radius 3 is 2.73 bits per heavy atom. The Morgan fingerprint density at radius 1 is 1.41 bits per heavy atom. The van der Waals surface area contributed by atoms with Gasteiger partial charge in [0.2, 0.25) is 5.88 Å². The number of hydrogen-bond donors (Lipinski definition) is 2. The summed E-state index contributed by atoms with van der Waals surface area (Å²) >= 11 is 1.22. The molecule has 0 amide bonds. The molecule has 5 nitrogen and oxygen atoms in total. The van der Waals surface area contributed by atoms with Crippen LogP contribution in [0.25, 0.3) is 0 Å². The van der Waals surface area contributed by atoms with Gasteiger partial charge in [-0.15, -0.1) is 6.58 Å². The van der Waals surface area contributed by atoms with Gasteiger partial charge >= 0.3 is 0 Å². The number of rotatable bonds is 6. The number of hydrogen-bond acceptors (Lipinski definition) is 5. The number of aliphatic hydroxyl groups excluding tert-OH is 1. The van der Waals surface area contributed by atoms with Gasteiger partial charge in [-0.1, -0.05) is 47.7 Å². The third-order valence-electron chi connectivity index (χ3n) is 3.10. The van der Waals surface area contributed by atoms with Crippen molar-refractivity contribution in [2.75, 3.05) is 5.75 Å². The molecule has 0 saturated carbocycles. The van der Waals surface area contributed by atoms with Crippen molar-refractivity contribution < 1.29 is 10.2 Å². The molecule has 1 aromatic carbocycles. The van der Waals surface area contributed by atoms with E-state index in [1.165, 1.54) is 16.3 Å². The number of aromatic nitrogens is 2. The zero-order chi connectivity index (χ0) is 16.1. The number of aromatic hydroxyl groups is 1. The van der Waals surface area contributed by atoms with Crippen LogP contribution in [0.15, 0.2) is 52.9 Å². The Kier molecular flexibility index (Phi) is 5.41. The highest BCUT2D eigenvalue weighted by Gasteiger charge is 2.12. The van der Waals surface area contributed by atoms with Crippen LogP contribution in [0.1, 0.15) is 17.2 Å². The Hall–Kier alpha value is -2.05. The van der Waals surface area contributed by atoms with Crippen LogP contribution >= 0.6 is 11.8 Å². The maximum atomic E-state index is 11.8. The Morgan fingerprint density at radius 2 is 2.09 bits per heavy atom. The molecule has 0 fully saturated rings. The van der Waals surface area contributed by atoms with Gasteiger partial charge in [-0.25, -0.2) is 0 Å². The lowest BCUT2D eigenvalue weighted by atomic mass is 10.1. The van der Waals surface area contributed by atoms with Gasteiger partial charge in [-0.05, 0) is 12.5 Å². The third kappa shape index (κ3) is 3.99. The summed E-state index contributed by atoms with van der Waals surface area (Å²) in [5, 5.41) is 20.0. The summed E-state index contributed by atoms with van der Waals surface area (Å²) < 4.78 is 1.40. The van der Waals surface area contributed by atoms with Gasteiger partial charge in [-0.2, -0.15) is 4.98 Å². The van der Waals surface area contributed by atoms with Crippen LogP contribution in [0.2, 0.25) is 0 Å². The second-order valence-corrected chi connectivity index (χ2v) is 5.86. The minimum Gasteiger partial charge on any atom is -0.493 e. The fourth-order valence-electron chi connectivity index (χ4n) is 1.92. The smallest absolute Gasteiger partial charge is 0.258 e. The van der Waals surface area contributed by atoms with Crippen LogP contribution in [0.3, 0.4) is 0 Å². The van der Waals surface area contributed by atoms with E-state index in [1.807, 2.05) is 31.2 Å². The molecule has 2 rings (SSSR count). The molecule has 0 aliphatic heterocycles. The van der Waals surface area contributed by atoms with Crippen LogP contribution in [0.5, 0.6) is 5.88 Å². The van der Waals surface area contributed by atoms with Crippen LogP contribution < -0.4 is 5.56 Å². The topological polar surface area (TPSA) is 75.3 Å². The summed E-state index contributed by atoms with van der Waals surface area (Å²) in [6.07, 6.45) is 0.905. The largest absolute Gasteiger partial charge is 0.493 e. The van der Waals surface area contributed by atoms with E-state index in [0.717, 1.165) is 17.2 Å². The SMILES string of the molecule is C=CCn1c(SCC(O)c2ccc(C)cc2)nc(O)cc1=O. The second kappa shape index (κ2) is 7.29. The number of thioether (sulfide) groups is 1. The van der Waals surface area contributed by atoms with Crippen molar-refractivity contribution in [3.8, 4) is 5.88 Å². The van der Waals surface area contributed by atoms with Gasteiger partial charge in [0.15, 0.2) is 5.16 Å². The van der Waals surface area contributed by atoms with Gasteiger partial charge in [-0.3, -0.25) is 9.36 Å². The molecule has 0 spiro atoms. The molecule has 0 bridgehead atoms. The average molecular weight is 318 g/mol. The van der Waals surface area contributed by atoms with E-state index in [2.05, 4.69) is 11.6 Å². The number of nitrogens with zero attached hydrogens (tertiary/aromatic N) is 2. The maximum Gasteiger partial charge on any atom is 0.258 e. The fraction of sp³-hybridized carbons (Fsp3) is 0.250. The fourth-order valence-corrected chi connectivity index (χ4v) is 2.90. The van der Waals surface area contributed by atoms with Crippen LogP contribution in [0, 0.1) is 6.92 Å². The minimum absolute atomic E-state index is 0.301. The first-order valence-electron chi connectivity index (χ1n) is 6.80. The molecule has 1 unspecified atom stereocenters. The molecule has 0 saturated heterocycles. The number of allylic oxidation sites excluding steroid dienone is 1. The predicted molar refractivity (Wildman–Crippen MR) is 87.2 cm³/mol. The van der Waals surface area contributed by atoms with Crippen LogP contribution in [-0.2, 0) is 6.54 Å². The summed E-state index contributed by atoms with van der Waals surface area (Å²) in [6, 6.07) is 8.66. The van der Waals surface area contributed by atoms with Crippen molar-refractivity contribution in [2.24, 2.45) is 0 Å². The average Bonchev–Trinajstić information content (AvgIpc) is 2.48. The zero-order valence-electron chi connectivity index (χ0n) is 12.3. The Balaban J connectivity index is 2.15. The predicted octanol–water partition coefficient (Wildman–Crippen LogP) is 2.27. The summed E-state index contributed by atoms with van der Waals surface area (Å²) in [4.78, 5) is 15.8. The summed E-state index contributed by atoms with van der Waals surface area (Å²) in [6.45, 7) is 5.89. The van der Waals surface area contributed by atoms with E-state index in [-0.39, 0.29) is 11.4 Å². The van der Waals surface area contributed by atoms with Gasteiger partial charge < -0.3 is 10.2 Å². The van der Waals surface area contributed by atoms with E-state index in [0.29, 0.717) is 17.5 Å². The maximum absolute atomic E-state index is 11.8. The van der Waals surface area contributed by atoms with E-state index in [9.17, 15) is 15.0 Å². The lowest BCUT2D eigenvalue weighted by Crippen LogP contribution is -2.21. The molecule has 1 heterocycles. The first kappa shape index (κ1) is 16.3. The summed E-state index contributed by atoms with van der Waals surface area (Å²) in [7, 11) is 0. The lowest BCUT2D eigenvalue weighted by Gasteiger charge is -2.13. The first-order chi connectivity index (χ1) is 10.5. The first-order valence-corrected chi connectivity index (χ1v) is 7.79. The van der Waals surface area contributed by atoms with Gasteiger partial charge in [0.25, 0.3) is 5.56 Å². The molecular weight excluding hydrogens is 300 g/mol. The molecule has 1 aromatic heterocycles. The molecule has 0 aliphatic carbocycles. The van der Waals surface area contributed by atoms with E-state index in [4.69, 9.17) is 0 Å². The van der Waals surface area contributed by atoms with Crippen molar-refractivity contribution in [1.29, 1.82) is 0 Å². The Labute approximate surface area is 133 Å². The highest BCUT2D eigenvalue weighted by atomic mass is 32.2. The number of aryl methyl sites for hydroxylation is 1. The highest BCUT2D eigenvalue weighted by Crippen LogP contribution is 2.24. The monoisotopic (exact) mass is 318 g/mol. The minimum atomic E-state index is -0.679. The second-order valence-electron chi connectivity index (χ2n) is 4.87. The zero-order valence-corrected chi connectivity index (χ0v) is 13.1. The number of aliphatic hydroxyl groups is 1. The Bertz CT molecular complexity index is 710. The van der Waals surface area contributed by atoms with Gasteiger partial charge in [0.05, 0.1) is 12.2 Å². The lowest BCUT2D eigenvalue weighted by molar-refractivity contribution is 0.204. The third-order valence-corrected chi connectivity index (χ3v) is 4.16.